The fourth-order valence-electron chi connectivity index (χ4n) is 5.07. The third-order valence-electron chi connectivity index (χ3n) is 7.19. The number of hydrogen-bond donors (Lipinski definition) is 0. The zero-order valence-electron chi connectivity index (χ0n) is 20.7. The van der Waals surface area contributed by atoms with Crippen LogP contribution in [0.15, 0.2) is 30.3 Å². The second-order valence-corrected chi connectivity index (χ2v) is 9.69. The fourth-order valence-corrected chi connectivity index (χ4v) is 5.07. The predicted molar refractivity (Wildman–Crippen MR) is 134 cm³/mol. The monoisotopic (exact) mass is 430 g/mol. The molecule has 0 saturated carbocycles. The van der Waals surface area contributed by atoms with Gasteiger partial charge < -0.3 is 9.47 Å². The molecule has 1 saturated heterocycles. The van der Waals surface area contributed by atoms with Gasteiger partial charge in [-0.25, -0.2) is 0 Å². The number of benzene rings is 1. The van der Waals surface area contributed by atoms with Gasteiger partial charge in [-0.05, 0) is 31.2 Å². The molecule has 2 heteroatoms. The van der Waals surface area contributed by atoms with Crippen LogP contribution in [0.3, 0.4) is 0 Å². The van der Waals surface area contributed by atoms with E-state index in [9.17, 15) is 0 Å². The van der Waals surface area contributed by atoms with E-state index in [1.165, 1.54) is 95.5 Å². The van der Waals surface area contributed by atoms with Crippen molar-refractivity contribution in [2.24, 2.45) is 0 Å². The van der Waals surface area contributed by atoms with Crippen LogP contribution in [-0.4, -0.2) is 18.3 Å². The largest absolute Gasteiger partial charge is 0.375 e. The highest BCUT2D eigenvalue weighted by atomic mass is 16.6. The molecule has 31 heavy (non-hydrogen) atoms. The van der Waals surface area contributed by atoms with Gasteiger partial charge in [0.1, 0.15) is 0 Å². The second kappa shape index (κ2) is 16.7. The molecule has 2 unspecified atom stereocenters. The minimum atomic E-state index is -0.107. The summed E-state index contributed by atoms with van der Waals surface area (Å²) in [5.41, 5.74) is 1.16. The van der Waals surface area contributed by atoms with Gasteiger partial charge >= 0.3 is 0 Å². The van der Waals surface area contributed by atoms with E-state index >= 15 is 0 Å². The van der Waals surface area contributed by atoms with E-state index < -0.39 is 0 Å². The van der Waals surface area contributed by atoms with Crippen molar-refractivity contribution in [2.75, 3.05) is 6.61 Å². The van der Waals surface area contributed by atoms with Crippen LogP contribution in [0.25, 0.3) is 0 Å². The van der Waals surface area contributed by atoms with Crippen molar-refractivity contribution in [1.29, 1.82) is 0 Å². The molecule has 2 atom stereocenters. The molecule has 0 amide bonds. The summed E-state index contributed by atoms with van der Waals surface area (Å²) in [5.74, 6) is 0. The summed E-state index contributed by atoms with van der Waals surface area (Å²) in [6, 6.07) is 10.6. The Kier molecular flexibility index (Phi) is 14.2. The van der Waals surface area contributed by atoms with Crippen molar-refractivity contribution in [3.63, 3.8) is 0 Å². The highest BCUT2D eigenvalue weighted by Crippen LogP contribution is 2.36. The zero-order chi connectivity index (χ0) is 22.0. The lowest BCUT2D eigenvalue weighted by molar-refractivity contribution is -0.144. The summed E-state index contributed by atoms with van der Waals surface area (Å²) < 4.78 is 12.8. The second-order valence-electron chi connectivity index (χ2n) is 9.69. The van der Waals surface area contributed by atoms with E-state index in [-0.39, 0.29) is 11.7 Å². The lowest BCUT2D eigenvalue weighted by atomic mass is 9.85. The van der Waals surface area contributed by atoms with Crippen LogP contribution < -0.4 is 0 Å². The number of unbranched alkanes of at least 4 members (excludes halogenated alkanes) is 12. The van der Waals surface area contributed by atoms with E-state index in [4.69, 9.17) is 9.47 Å². The van der Waals surface area contributed by atoms with Crippen LogP contribution in [0.2, 0.25) is 0 Å². The molecular formula is C29H50O2. The molecular weight excluding hydrogens is 380 g/mol. The van der Waals surface area contributed by atoms with Gasteiger partial charge in [-0.3, -0.25) is 0 Å². The maximum Gasteiger partial charge on any atom is 0.0944 e. The van der Waals surface area contributed by atoms with E-state index in [0.717, 1.165) is 25.9 Å². The fraction of sp³-hybridized carbons (Fsp3) is 0.793. The minimum Gasteiger partial charge on any atom is -0.375 e. The Bertz CT molecular complexity index is 523. The number of ether oxygens (including phenoxy) is 2. The van der Waals surface area contributed by atoms with Crippen molar-refractivity contribution in [2.45, 2.75) is 141 Å². The molecule has 0 spiro atoms. The van der Waals surface area contributed by atoms with Crippen LogP contribution in [-0.2, 0) is 16.1 Å². The van der Waals surface area contributed by atoms with E-state index in [0.29, 0.717) is 6.61 Å². The van der Waals surface area contributed by atoms with Gasteiger partial charge in [0.2, 0.25) is 0 Å². The van der Waals surface area contributed by atoms with Gasteiger partial charge in [-0.2, -0.15) is 0 Å². The lowest BCUT2D eigenvalue weighted by Gasteiger charge is -2.38. The van der Waals surface area contributed by atoms with E-state index in [1.807, 2.05) is 0 Å². The molecule has 1 aromatic carbocycles. The maximum atomic E-state index is 6.63. The molecule has 0 bridgehead atoms. The van der Waals surface area contributed by atoms with Gasteiger partial charge in [0.15, 0.2) is 0 Å². The first kappa shape index (κ1) is 26.4. The summed E-state index contributed by atoms with van der Waals surface area (Å²) in [6.45, 7) is 6.18. The first-order valence-corrected chi connectivity index (χ1v) is 13.6. The molecule has 0 N–H and O–H groups in total. The average Bonchev–Trinajstić information content (AvgIpc) is 3.35. The molecule has 1 heterocycles. The summed E-state index contributed by atoms with van der Waals surface area (Å²) in [4.78, 5) is 0. The molecule has 1 aliphatic rings. The molecule has 1 aliphatic heterocycles. The Balaban J connectivity index is 1.60. The Morgan fingerprint density at radius 3 is 1.90 bits per heavy atom. The summed E-state index contributed by atoms with van der Waals surface area (Å²) in [7, 11) is 0. The molecule has 1 aromatic rings. The molecule has 2 rings (SSSR count). The van der Waals surface area contributed by atoms with E-state index in [2.05, 4.69) is 44.2 Å². The third kappa shape index (κ3) is 10.5. The highest BCUT2D eigenvalue weighted by molar-refractivity contribution is 5.13. The quantitative estimate of drug-likeness (QED) is 0.204. The number of hydrogen-bond acceptors (Lipinski definition) is 2. The first-order chi connectivity index (χ1) is 15.3. The van der Waals surface area contributed by atoms with Crippen LogP contribution in [0.5, 0.6) is 0 Å². The summed E-state index contributed by atoms with van der Waals surface area (Å²) >= 11 is 0. The van der Waals surface area contributed by atoms with Crippen LogP contribution in [0.1, 0.15) is 129 Å². The number of rotatable bonds is 19. The molecule has 0 radical (unpaired) electrons. The van der Waals surface area contributed by atoms with Gasteiger partial charge in [-0.1, -0.05) is 128 Å². The van der Waals surface area contributed by atoms with Crippen molar-refractivity contribution in [1.82, 2.24) is 0 Å². The molecule has 0 aromatic heterocycles. The zero-order valence-corrected chi connectivity index (χ0v) is 20.7. The normalized spacial score (nSPS) is 18.3. The Morgan fingerprint density at radius 1 is 0.806 bits per heavy atom. The van der Waals surface area contributed by atoms with Crippen molar-refractivity contribution >= 4 is 0 Å². The smallest absolute Gasteiger partial charge is 0.0944 e. The Hall–Kier alpha value is -0.860. The topological polar surface area (TPSA) is 18.5 Å². The third-order valence-corrected chi connectivity index (χ3v) is 7.19. The summed E-state index contributed by atoms with van der Waals surface area (Å²) in [5, 5.41) is 0. The predicted octanol–water partition coefficient (Wildman–Crippen LogP) is 9.01. The van der Waals surface area contributed by atoms with Gasteiger partial charge in [-0.15, -0.1) is 0 Å². The van der Waals surface area contributed by atoms with Crippen molar-refractivity contribution < 1.29 is 9.47 Å². The van der Waals surface area contributed by atoms with Crippen LogP contribution in [0, 0.1) is 0 Å². The summed E-state index contributed by atoms with van der Waals surface area (Å²) in [6.07, 6.45) is 23.0. The molecule has 1 fully saturated rings. The van der Waals surface area contributed by atoms with Gasteiger partial charge in [0.25, 0.3) is 0 Å². The van der Waals surface area contributed by atoms with Crippen LogP contribution in [0.4, 0.5) is 0 Å². The lowest BCUT2D eigenvalue weighted by Crippen LogP contribution is -2.44. The average molecular weight is 431 g/mol. The first-order valence-electron chi connectivity index (χ1n) is 13.6. The SMILES string of the molecule is CCCCCCCCCCCCCCCC(CC)(OCc1ccccc1)C1CCCO1. The highest BCUT2D eigenvalue weighted by Gasteiger charge is 2.40. The molecule has 0 aliphatic carbocycles. The maximum absolute atomic E-state index is 6.63. The van der Waals surface area contributed by atoms with Crippen molar-refractivity contribution in [3.05, 3.63) is 35.9 Å². The molecule has 178 valence electrons. The van der Waals surface area contributed by atoms with Crippen molar-refractivity contribution in [3.8, 4) is 0 Å². The Labute approximate surface area is 193 Å². The van der Waals surface area contributed by atoms with Gasteiger partial charge in [0.05, 0.1) is 18.3 Å². The Morgan fingerprint density at radius 2 is 1.39 bits per heavy atom. The molecule has 2 nitrogen and oxygen atoms in total. The van der Waals surface area contributed by atoms with E-state index in [1.54, 1.807) is 0 Å². The van der Waals surface area contributed by atoms with Crippen LogP contribution >= 0.6 is 0 Å². The minimum absolute atomic E-state index is 0.107. The standard InChI is InChI=1S/C29H50O2/c1-3-5-6-7-8-9-10-11-12-13-14-15-19-24-29(4-2,28-23-20-25-30-28)31-26-27-21-17-16-18-22-27/h16-18,21-22,28H,3-15,19-20,23-26H2,1-2H3. The van der Waals surface area contributed by atoms with Gasteiger partial charge in [0, 0.05) is 6.61 Å².